The second-order valence-electron chi connectivity index (χ2n) is 5.15. The van der Waals surface area contributed by atoms with Crippen LogP contribution < -0.4 is 0 Å². The Hall–Kier alpha value is -2.72. The normalized spacial score (nSPS) is 13.5. The smallest absolute Gasteiger partial charge is 0.0928 e. The predicted octanol–water partition coefficient (Wildman–Crippen LogP) is 3.13. The molecule has 0 saturated carbocycles. The molecule has 0 amide bonds. The number of benzene rings is 1. The minimum Gasteiger partial charge on any atom is -0.262 e. The molecule has 7 heteroatoms. The quantitative estimate of drug-likeness (QED) is 0.729. The lowest BCUT2D eigenvalue weighted by Crippen LogP contribution is -2.04. The second-order valence-corrected chi connectivity index (χ2v) is 7.38. The fourth-order valence-corrected chi connectivity index (χ4v) is 3.69. The zero-order chi connectivity index (χ0) is 16.3. The molecule has 3 aromatic rings. The number of fused-ring (bicyclic) bond motifs is 1. The van der Waals surface area contributed by atoms with Gasteiger partial charge < -0.3 is 0 Å². The van der Waals surface area contributed by atoms with Gasteiger partial charge in [-0.2, -0.15) is 10.4 Å². The van der Waals surface area contributed by atoms with Crippen molar-refractivity contribution in [3.05, 3.63) is 48.9 Å². The summed E-state index contributed by atoms with van der Waals surface area (Å²) in [6, 6.07) is 11.0. The first-order chi connectivity index (χ1) is 11.1. The molecule has 0 aliphatic rings. The van der Waals surface area contributed by atoms with Gasteiger partial charge in [0.1, 0.15) is 0 Å². The standard InChI is InChI=1S/C16H15N5OS/c17-7-1-2-9-23(18,22)15-5-6-16-13(10-15)12-21(20-16)14-4-3-8-19-11-14/h3-6,8,10-12,18H,1-2,9H2. The molecule has 0 saturated heterocycles. The van der Waals surface area contributed by atoms with E-state index in [1.807, 2.05) is 24.4 Å². The number of nitrogens with zero attached hydrogens (tertiary/aromatic N) is 4. The van der Waals surface area contributed by atoms with Crippen molar-refractivity contribution in [3.63, 3.8) is 0 Å². The molecule has 6 nitrogen and oxygen atoms in total. The average Bonchev–Trinajstić information content (AvgIpc) is 2.99. The van der Waals surface area contributed by atoms with E-state index in [-0.39, 0.29) is 5.75 Å². The molecular formula is C16H15N5OS. The van der Waals surface area contributed by atoms with Gasteiger partial charge in [-0.1, -0.05) is 0 Å². The first-order valence-electron chi connectivity index (χ1n) is 7.13. The minimum atomic E-state index is -2.88. The predicted molar refractivity (Wildman–Crippen MR) is 87.7 cm³/mol. The van der Waals surface area contributed by atoms with Crippen LogP contribution in [0, 0.1) is 16.1 Å². The van der Waals surface area contributed by atoms with E-state index in [1.165, 1.54) is 0 Å². The number of hydrogen-bond acceptors (Lipinski definition) is 5. The zero-order valence-electron chi connectivity index (χ0n) is 12.3. The molecule has 0 aliphatic heterocycles. The largest absolute Gasteiger partial charge is 0.262 e. The first kappa shape index (κ1) is 15.2. The molecule has 0 bridgehead atoms. The summed E-state index contributed by atoms with van der Waals surface area (Å²) in [6.45, 7) is 0. The molecule has 0 aliphatic carbocycles. The maximum absolute atomic E-state index is 12.5. The van der Waals surface area contributed by atoms with Crippen LogP contribution in [0.2, 0.25) is 0 Å². The highest BCUT2D eigenvalue weighted by Crippen LogP contribution is 2.21. The number of pyridine rings is 1. The number of unbranched alkanes of at least 4 members (excludes halogenated alkanes) is 1. The van der Waals surface area contributed by atoms with E-state index in [0.29, 0.717) is 17.7 Å². The lowest BCUT2D eigenvalue weighted by molar-refractivity contribution is 0.672. The molecule has 1 N–H and O–H groups in total. The molecule has 1 aromatic carbocycles. The molecule has 1 unspecified atom stereocenters. The number of nitrogens with one attached hydrogen (secondary N) is 1. The summed E-state index contributed by atoms with van der Waals surface area (Å²) >= 11 is 0. The van der Waals surface area contributed by atoms with Crippen molar-refractivity contribution in [2.24, 2.45) is 0 Å². The van der Waals surface area contributed by atoms with E-state index in [2.05, 4.69) is 10.1 Å². The van der Waals surface area contributed by atoms with Gasteiger partial charge in [-0.15, -0.1) is 0 Å². The summed E-state index contributed by atoms with van der Waals surface area (Å²) < 4.78 is 22.3. The summed E-state index contributed by atoms with van der Waals surface area (Å²) in [5, 5.41) is 13.9. The van der Waals surface area contributed by atoms with Crippen LogP contribution in [0.4, 0.5) is 0 Å². The third-order valence-electron chi connectivity index (χ3n) is 3.49. The fraction of sp³-hybridized carbons (Fsp3) is 0.188. The number of rotatable bonds is 5. The van der Waals surface area contributed by atoms with E-state index in [4.69, 9.17) is 10.0 Å². The zero-order valence-corrected chi connectivity index (χ0v) is 13.2. The van der Waals surface area contributed by atoms with Crippen LogP contribution in [0.25, 0.3) is 16.6 Å². The summed E-state index contributed by atoms with van der Waals surface area (Å²) in [7, 11) is -2.88. The van der Waals surface area contributed by atoms with Crippen molar-refractivity contribution in [1.82, 2.24) is 14.8 Å². The van der Waals surface area contributed by atoms with Crippen LogP contribution in [-0.4, -0.2) is 24.7 Å². The van der Waals surface area contributed by atoms with Gasteiger partial charge in [-0.05, 0) is 36.8 Å². The summed E-state index contributed by atoms with van der Waals surface area (Å²) in [4.78, 5) is 4.55. The van der Waals surface area contributed by atoms with E-state index in [9.17, 15) is 4.21 Å². The lowest BCUT2D eigenvalue weighted by Gasteiger charge is -2.06. The van der Waals surface area contributed by atoms with Crippen molar-refractivity contribution in [2.45, 2.75) is 17.7 Å². The van der Waals surface area contributed by atoms with Gasteiger partial charge >= 0.3 is 0 Å². The molecule has 2 heterocycles. The Labute approximate surface area is 134 Å². The van der Waals surface area contributed by atoms with Crippen LogP contribution in [0.15, 0.2) is 53.8 Å². The molecule has 116 valence electrons. The van der Waals surface area contributed by atoms with Crippen molar-refractivity contribution in [1.29, 1.82) is 10.0 Å². The number of nitriles is 1. The third-order valence-corrected chi connectivity index (χ3v) is 5.37. The second kappa shape index (κ2) is 6.18. The fourth-order valence-electron chi connectivity index (χ4n) is 2.30. The van der Waals surface area contributed by atoms with Gasteiger partial charge in [-0.25, -0.2) is 13.7 Å². The average molecular weight is 325 g/mol. The maximum atomic E-state index is 12.5. The van der Waals surface area contributed by atoms with E-state index >= 15 is 0 Å². The van der Waals surface area contributed by atoms with Crippen molar-refractivity contribution >= 4 is 20.6 Å². The van der Waals surface area contributed by atoms with Gasteiger partial charge in [0, 0.05) is 34.8 Å². The lowest BCUT2D eigenvalue weighted by atomic mass is 10.3. The van der Waals surface area contributed by atoms with Crippen LogP contribution in [0.3, 0.4) is 0 Å². The first-order valence-corrected chi connectivity index (χ1v) is 8.86. The van der Waals surface area contributed by atoms with Crippen LogP contribution in [-0.2, 0) is 9.73 Å². The van der Waals surface area contributed by atoms with E-state index < -0.39 is 9.73 Å². The molecule has 0 spiro atoms. The molecule has 2 aromatic heterocycles. The van der Waals surface area contributed by atoms with Gasteiger partial charge in [0.15, 0.2) is 0 Å². The summed E-state index contributed by atoms with van der Waals surface area (Å²) in [6.07, 6.45) is 6.02. The Morgan fingerprint density at radius 3 is 2.96 bits per heavy atom. The minimum absolute atomic E-state index is 0.197. The highest BCUT2D eigenvalue weighted by atomic mass is 32.2. The van der Waals surface area contributed by atoms with Crippen molar-refractivity contribution < 1.29 is 4.21 Å². The Morgan fingerprint density at radius 2 is 2.22 bits per heavy atom. The summed E-state index contributed by atoms with van der Waals surface area (Å²) in [5.74, 6) is 0.197. The monoisotopic (exact) mass is 325 g/mol. The topological polar surface area (TPSA) is 95.4 Å². The molecule has 0 fully saturated rings. The Balaban J connectivity index is 1.95. The third kappa shape index (κ3) is 3.22. The van der Waals surface area contributed by atoms with Gasteiger partial charge in [0.25, 0.3) is 0 Å². The van der Waals surface area contributed by atoms with E-state index in [0.717, 1.165) is 16.6 Å². The van der Waals surface area contributed by atoms with Crippen LogP contribution in [0.5, 0.6) is 0 Å². The molecule has 1 atom stereocenters. The SMILES string of the molecule is N#CCCCS(=N)(=O)c1ccc2nn(-c3cccnc3)cc2c1. The highest BCUT2D eigenvalue weighted by Gasteiger charge is 2.12. The molecule has 23 heavy (non-hydrogen) atoms. The number of aromatic nitrogens is 3. The Morgan fingerprint density at radius 1 is 1.35 bits per heavy atom. The van der Waals surface area contributed by atoms with Gasteiger partial charge in [0.2, 0.25) is 0 Å². The molecule has 0 radical (unpaired) electrons. The Kier molecular flexibility index (Phi) is 4.08. The molecule has 3 rings (SSSR count). The Bertz CT molecular complexity index is 971. The van der Waals surface area contributed by atoms with E-state index in [1.54, 1.807) is 35.3 Å². The van der Waals surface area contributed by atoms with Gasteiger partial charge in [0.05, 0.1) is 33.2 Å². The maximum Gasteiger partial charge on any atom is 0.0928 e. The van der Waals surface area contributed by atoms with Crippen molar-refractivity contribution in [2.75, 3.05) is 5.75 Å². The summed E-state index contributed by atoms with van der Waals surface area (Å²) in [5.41, 5.74) is 1.61. The van der Waals surface area contributed by atoms with Crippen molar-refractivity contribution in [3.8, 4) is 11.8 Å². The van der Waals surface area contributed by atoms with Crippen LogP contribution in [0.1, 0.15) is 12.8 Å². The van der Waals surface area contributed by atoms with Crippen LogP contribution >= 0.6 is 0 Å². The highest BCUT2D eigenvalue weighted by molar-refractivity contribution is 7.92. The van der Waals surface area contributed by atoms with Gasteiger partial charge in [-0.3, -0.25) is 4.98 Å². The molecular weight excluding hydrogens is 310 g/mol. The number of hydrogen-bond donors (Lipinski definition) is 1.